The summed E-state index contributed by atoms with van der Waals surface area (Å²) in [7, 11) is 0. The van der Waals surface area contributed by atoms with Gasteiger partial charge in [-0.1, -0.05) is 24.3 Å². The first-order valence-corrected chi connectivity index (χ1v) is 6.89. The highest BCUT2D eigenvalue weighted by Crippen LogP contribution is 2.29. The van der Waals surface area contributed by atoms with E-state index in [0.717, 1.165) is 24.6 Å². The summed E-state index contributed by atoms with van der Waals surface area (Å²) in [5, 5.41) is 3.38. The Morgan fingerprint density at radius 2 is 1.95 bits per heavy atom. The number of hydrogen-bond donors (Lipinski definition) is 2. The Morgan fingerprint density at radius 3 is 2.86 bits per heavy atom. The molecule has 1 unspecified atom stereocenters. The summed E-state index contributed by atoms with van der Waals surface area (Å²) in [6.45, 7) is 0.829. The molecule has 1 aliphatic rings. The first-order chi connectivity index (χ1) is 10.2. The van der Waals surface area contributed by atoms with Gasteiger partial charge in [-0.2, -0.15) is 0 Å². The SMILES string of the molecule is Fc1ccc2[nH]c(C3NCCc4ccccc43)nc2c1F. The van der Waals surface area contributed by atoms with Crippen molar-refractivity contribution < 1.29 is 8.78 Å². The van der Waals surface area contributed by atoms with Gasteiger partial charge in [0.1, 0.15) is 11.3 Å². The Hall–Kier alpha value is -2.27. The quantitative estimate of drug-likeness (QED) is 0.721. The number of aromatic nitrogens is 2. The minimum atomic E-state index is -0.904. The Balaban J connectivity index is 1.86. The molecule has 1 aliphatic heterocycles. The van der Waals surface area contributed by atoms with E-state index in [2.05, 4.69) is 21.4 Å². The van der Waals surface area contributed by atoms with Crippen molar-refractivity contribution in [2.24, 2.45) is 0 Å². The van der Waals surface area contributed by atoms with Gasteiger partial charge in [0.15, 0.2) is 11.6 Å². The number of fused-ring (bicyclic) bond motifs is 2. The molecule has 0 aliphatic carbocycles. The molecular weight excluding hydrogens is 272 g/mol. The number of imidazole rings is 1. The van der Waals surface area contributed by atoms with Crippen LogP contribution in [-0.2, 0) is 6.42 Å². The number of benzene rings is 2. The van der Waals surface area contributed by atoms with Crippen LogP contribution in [0.2, 0.25) is 0 Å². The standard InChI is InChI=1S/C16H13F2N3/c17-11-5-6-12-15(13(11)18)21-16(20-12)14-10-4-2-1-3-9(10)7-8-19-14/h1-6,14,19H,7-8H2,(H,20,21). The molecule has 21 heavy (non-hydrogen) atoms. The lowest BCUT2D eigenvalue weighted by Crippen LogP contribution is -2.31. The fourth-order valence-electron chi connectivity index (χ4n) is 2.92. The molecule has 0 fully saturated rings. The smallest absolute Gasteiger partial charge is 0.186 e. The van der Waals surface area contributed by atoms with Crippen molar-refractivity contribution in [3.63, 3.8) is 0 Å². The molecule has 2 N–H and O–H groups in total. The van der Waals surface area contributed by atoms with E-state index in [9.17, 15) is 8.78 Å². The van der Waals surface area contributed by atoms with E-state index in [-0.39, 0.29) is 11.6 Å². The average molecular weight is 285 g/mol. The Bertz CT molecular complexity index is 826. The first-order valence-electron chi connectivity index (χ1n) is 6.89. The molecule has 0 saturated carbocycles. The number of halogens is 2. The molecule has 5 heteroatoms. The fraction of sp³-hybridized carbons (Fsp3) is 0.188. The van der Waals surface area contributed by atoms with Gasteiger partial charge >= 0.3 is 0 Å². The highest BCUT2D eigenvalue weighted by Gasteiger charge is 2.24. The van der Waals surface area contributed by atoms with Crippen molar-refractivity contribution in [3.8, 4) is 0 Å². The summed E-state index contributed by atoms with van der Waals surface area (Å²) in [5.41, 5.74) is 2.95. The maximum absolute atomic E-state index is 13.8. The van der Waals surface area contributed by atoms with Crippen LogP contribution in [0.3, 0.4) is 0 Å². The number of nitrogens with one attached hydrogen (secondary N) is 2. The van der Waals surface area contributed by atoms with E-state index < -0.39 is 11.6 Å². The van der Waals surface area contributed by atoms with E-state index >= 15 is 0 Å². The molecule has 106 valence electrons. The topological polar surface area (TPSA) is 40.7 Å². The normalized spacial score (nSPS) is 17.9. The first kappa shape index (κ1) is 12.5. The van der Waals surface area contributed by atoms with Crippen molar-refractivity contribution in [3.05, 3.63) is 65.0 Å². The zero-order valence-corrected chi connectivity index (χ0v) is 11.2. The van der Waals surface area contributed by atoms with Crippen LogP contribution in [-0.4, -0.2) is 16.5 Å². The minimum absolute atomic E-state index is 0.0508. The van der Waals surface area contributed by atoms with E-state index in [1.807, 2.05) is 18.2 Å². The zero-order chi connectivity index (χ0) is 14.4. The van der Waals surface area contributed by atoms with E-state index in [1.54, 1.807) is 0 Å². The van der Waals surface area contributed by atoms with Crippen molar-refractivity contribution in [2.75, 3.05) is 6.54 Å². The van der Waals surface area contributed by atoms with Gasteiger partial charge < -0.3 is 10.3 Å². The predicted octanol–water partition coefficient (Wildman–Crippen LogP) is 3.08. The van der Waals surface area contributed by atoms with Gasteiger partial charge in [-0.3, -0.25) is 0 Å². The van der Waals surface area contributed by atoms with Gasteiger partial charge in [0, 0.05) is 6.54 Å². The maximum atomic E-state index is 13.8. The number of rotatable bonds is 1. The van der Waals surface area contributed by atoms with E-state index in [4.69, 9.17) is 0 Å². The second-order valence-corrected chi connectivity index (χ2v) is 5.22. The van der Waals surface area contributed by atoms with Crippen molar-refractivity contribution in [2.45, 2.75) is 12.5 Å². The van der Waals surface area contributed by atoms with Gasteiger partial charge in [-0.25, -0.2) is 13.8 Å². The minimum Gasteiger partial charge on any atom is -0.340 e. The number of nitrogens with zero attached hydrogens (tertiary/aromatic N) is 1. The lowest BCUT2D eigenvalue weighted by molar-refractivity contribution is 0.514. The van der Waals surface area contributed by atoms with Crippen LogP contribution in [0, 0.1) is 11.6 Å². The summed E-state index contributed by atoms with van der Waals surface area (Å²) in [6.07, 6.45) is 0.954. The lowest BCUT2D eigenvalue weighted by atomic mass is 9.94. The van der Waals surface area contributed by atoms with Crippen LogP contribution < -0.4 is 5.32 Å². The van der Waals surface area contributed by atoms with E-state index in [1.165, 1.54) is 11.6 Å². The Labute approximate surface area is 120 Å². The van der Waals surface area contributed by atoms with Crippen molar-refractivity contribution in [1.82, 2.24) is 15.3 Å². The van der Waals surface area contributed by atoms with Gasteiger partial charge in [0.2, 0.25) is 0 Å². The molecule has 1 aromatic heterocycles. The molecule has 4 rings (SSSR count). The third-order valence-corrected chi connectivity index (χ3v) is 3.95. The summed E-state index contributed by atoms with van der Waals surface area (Å²) in [5.74, 6) is -1.17. The number of aromatic amines is 1. The molecule has 3 nitrogen and oxygen atoms in total. The van der Waals surface area contributed by atoms with Gasteiger partial charge in [0.05, 0.1) is 11.6 Å². The van der Waals surface area contributed by atoms with Crippen LogP contribution in [0.25, 0.3) is 11.0 Å². The highest BCUT2D eigenvalue weighted by atomic mass is 19.2. The molecule has 0 bridgehead atoms. The largest absolute Gasteiger partial charge is 0.340 e. The zero-order valence-electron chi connectivity index (χ0n) is 11.2. The van der Waals surface area contributed by atoms with Gasteiger partial charge in [-0.05, 0) is 29.7 Å². The molecular formula is C16H13F2N3. The second-order valence-electron chi connectivity index (χ2n) is 5.22. The van der Waals surface area contributed by atoms with Gasteiger partial charge in [0.25, 0.3) is 0 Å². The monoisotopic (exact) mass is 285 g/mol. The number of H-pyrrole nitrogens is 1. The van der Waals surface area contributed by atoms with Crippen LogP contribution >= 0.6 is 0 Å². The summed E-state index contributed by atoms with van der Waals surface area (Å²) < 4.78 is 27.1. The van der Waals surface area contributed by atoms with Crippen LogP contribution in [0.15, 0.2) is 36.4 Å². The molecule has 0 radical (unpaired) electrons. The van der Waals surface area contributed by atoms with Crippen LogP contribution in [0.5, 0.6) is 0 Å². The predicted molar refractivity (Wildman–Crippen MR) is 76.0 cm³/mol. The second kappa shape index (κ2) is 4.63. The summed E-state index contributed by atoms with van der Waals surface area (Å²) >= 11 is 0. The molecule has 2 heterocycles. The fourth-order valence-corrected chi connectivity index (χ4v) is 2.92. The molecule has 0 amide bonds. The highest BCUT2D eigenvalue weighted by molar-refractivity contribution is 5.76. The lowest BCUT2D eigenvalue weighted by Gasteiger charge is -2.25. The van der Waals surface area contributed by atoms with Crippen LogP contribution in [0.4, 0.5) is 8.78 Å². The van der Waals surface area contributed by atoms with Crippen molar-refractivity contribution in [1.29, 1.82) is 0 Å². The Morgan fingerprint density at radius 1 is 1.10 bits per heavy atom. The third-order valence-electron chi connectivity index (χ3n) is 3.95. The van der Waals surface area contributed by atoms with Crippen LogP contribution in [0.1, 0.15) is 23.0 Å². The number of hydrogen-bond acceptors (Lipinski definition) is 2. The average Bonchev–Trinajstić information content (AvgIpc) is 2.95. The Kier molecular flexibility index (Phi) is 2.75. The summed E-state index contributed by atoms with van der Waals surface area (Å²) in [6, 6.07) is 10.6. The molecule has 3 aromatic rings. The van der Waals surface area contributed by atoms with Gasteiger partial charge in [-0.15, -0.1) is 0 Å². The molecule has 1 atom stereocenters. The maximum Gasteiger partial charge on any atom is 0.186 e. The van der Waals surface area contributed by atoms with E-state index in [0.29, 0.717) is 11.3 Å². The third kappa shape index (κ3) is 1.93. The molecule has 0 saturated heterocycles. The molecule has 0 spiro atoms. The summed E-state index contributed by atoms with van der Waals surface area (Å²) in [4.78, 5) is 7.36. The van der Waals surface area contributed by atoms with Crippen molar-refractivity contribution >= 4 is 11.0 Å². The molecule has 2 aromatic carbocycles.